The van der Waals surface area contributed by atoms with Crippen LogP contribution in [0.3, 0.4) is 0 Å². The maximum absolute atomic E-state index is 5.73. The van der Waals surface area contributed by atoms with Crippen molar-refractivity contribution < 1.29 is 0 Å². The van der Waals surface area contributed by atoms with Crippen molar-refractivity contribution in [2.24, 2.45) is 0 Å². The minimum atomic E-state index is 0.351. The van der Waals surface area contributed by atoms with Gasteiger partial charge < -0.3 is 15.3 Å². The molecule has 4 heterocycles. The Morgan fingerprint density at radius 2 is 1.59 bits per heavy atom. The molecule has 0 saturated carbocycles. The van der Waals surface area contributed by atoms with Crippen LogP contribution in [0.4, 0.5) is 5.82 Å². The van der Waals surface area contributed by atoms with Gasteiger partial charge in [-0.05, 0) is 36.1 Å². The van der Waals surface area contributed by atoms with Gasteiger partial charge in [-0.15, -0.1) is 0 Å². The van der Waals surface area contributed by atoms with Gasteiger partial charge in [-0.25, -0.2) is 19.9 Å². The van der Waals surface area contributed by atoms with Crippen LogP contribution in [0, 0.1) is 0 Å². The standard InChI is InChI=1S/C15H14N4.C6H4ClN3/c1-2-4-11-10(3-1)5-6-13(11)19-15-12-7-8-16-14(12)17-9-18-15;7-5-4-1-2-8-6(4)10-3-9-5/h1-4,7-9,13H,5-6H2,(H2,16,17,18,19);1-3H,(H,8,9,10)/t13-;/m0./s1. The molecule has 29 heavy (non-hydrogen) atoms. The molecule has 0 saturated heterocycles. The molecule has 0 radical (unpaired) electrons. The van der Waals surface area contributed by atoms with Gasteiger partial charge in [-0.3, -0.25) is 0 Å². The highest BCUT2D eigenvalue weighted by Gasteiger charge is 2.22. The molecule has 0 unspecified atom stereocenters. The first-order valence-electron chi connectivity index (χ1n) is 9.35. The summed E-state index contributed by atoms with van der Waals surface area (Å²) in [7, 11) is 0. The molecule has 4 aromatic heterocycles. The molecule has 7 nitrogen and oxygen atoms in total. The maximum Gasteiger partial charge on any atom is 0.142 e. The highest BCUT2D eigenvalue weighted by molar-refractivity contribution is 6.33. The summed E-state index contributed by atoms with van der Waals surface area (Å²) < 4.78 is 0. The third-order valence-electron chi connectivity index (χ3n) is 5.10. The summed E-state index contributed by atoms with van der Waals surface area (Å²) >= 11 is 5.73. The molecule has 1 aliphatic carbocycles. The van der Waals surface area contributed by atoms with Crippen LogP contribution in [-0.4, -0.2) is 29.9 Å². The molecule has 1 atom stereocenters. The van der Waals surface area contributed by atoms with Gasteiger partial charge in [0, 0.05) is 12.4 Å². The van der Waals surface area contributed by atoms with E-state index in [2.05, 4.69) is 59.5 Å². The molecule has 3 N–H and O–H groups in total. The zero-order chi connectivity index (χ0) is 19.6. The second-order valence-corrected chi connectivity index (χ2v) is 7.16. The fourth-order valence-corrected chi connectivity index (χ4v) is 3.90. The lowest BCUT2D eigenvalue weighted by Gasteiger charge is -2.15. The van der Waals surface area contributed by atoms with Crippen molar-refractivity contribution in [2.45, 2.75) is 18.9 Å². The fourth-order valence-electron chi connectivity index (χ4n) is 3.70. The van der Waals surface area contributed by atoms with Crippen LogP contribution in [0.1, 0.15) is 23.6 Å². The van der Waals surface area contributed by atoms with Crippen molar-refractivity contribution >= 4 is 39.5 Å². The summed E-state index contributed by atoms with van der Waals surface area (Å²) in [5.74, 6) is 0.910. The van der Waals surface area contributed by atoms with Crippen LogP contribution in [0.2, 0.25) is 5.15 Å². The molecular formula is C21H18ClN7. The van der Waals surface area contributed by atoms with Crippen molar-refractivity contribution in [3.05, 3.63) is 77.7 Å². The fraction of sp³-hybridized carbons (Fsp3) is 0.143. The number of H-pyrrole nitrogens is 2. The highest BCUT2D eigenvalue weighted by atomic mass is 35.5. The summed E-state index contributed by atoms with van der Waals surface area (Å²) in [5, 5.41) is 5.96. The van der Waals surface area contributed by atoms with E-state index in [-0.39, 0.29) is 0 Å². The number of aromatic nitrogens is 6. The molecule has 8 heteroatoms. The van der Waals surface area contributed by atoms with Crippen LogP contribution in [0.25, 0.3) is 22.1 Å². The average molecular weight is 404 g/mol. The molecule has 144 valence electrons. The van der Waals surface area contributed by atoms with Crippen molar-refractivity contribution in [3.8, 4) is 0 Å². The Hall–Kier alpha value is -3.45. The summed E-state index contributed by atoms with van der Waals surface area (Å²) in [6.45, 7) is 0. The lowest BCUT2D eigenvalue weighted by atomic mass is 10.1. The van der Waals surface area contributed by atoms with Crippen LogP contribution in [0.15, 0.2) is 61.4 Å². The Kier molecular flexibility index (Phi) is 4.57. The van der Waals surface area contributed by atoms with Gasteiger partial charge in [0.2, 0.25) is 0 Å². The van der Waals surface area contributed by atoms with E-state index in [9.17, 15) is 0 Å². The van der Waals surface area contributed by atoms with Crippen molar-refractivity contribution in [2.75, 3.05) is 5.32 Å². The van der Waals surface area contributed by atoms with Gasteiger partial charge in [0.05, 0.1) is 16.8 Å². The first kappa shape index (κ1) is 17.6. The Morgan fingerprint density at radius 3 is 2.41 bits per heavy atom. The van der Waals surface area contributed by atoms with Gasteiger partial charge in [0.15, 0.2) is 0 Å². The number of nitrogens with zero attached hydrogens (tertiary/aromatic N) is 4. The number of halogens is 1. The third-order valence-corrected chi connectivity index (χ3v) is 5.40. The van der Waals surface area contributed by atoms with Gasteiger partial charge in [0.25, 0.3) is 0 Å². The number of hydrogen-bond acceptors (Lipinski definition) is 5. The van der Waals surface area contributed by atoms with Gasteiger partial charge >= 0.3 is 0 Å². The Morgan fingerprint density at radius 1 is 0.862 bits per heavy atom. The second-order valence-electron chi connectivity index (χ2n) is 6.80. The minimum Gasteiger partial charge on any atom is -0.363 e. The van der Waals surface area contributed by atoms with Gasteiger partial charge in [0.1, 0.15) is 34.9 Å². The average Bonchev–Trinajstić information content (AvgIpc) is 3.49. The number of benzene rings is 1. The number of aromatic amines is 2. The van der Waals surface area contributed by atoms with E-state index in [4.69, 9.17) is 11.6 Å². The number of fused-ring (bicyclic) bond motifs is 3. The molecule has 0 spiro atoms. The Labute approximate surface area is 171 Å². The predicted octanol–water partition coefficient (Wildman–Crippen LogP) is 4.67. The Balaban J connectivity index is 0.000000153. The molecular weight excluding hydrogens is 386 g/mol. The minimum absolute atomic E-state index is 0.351. The molecule has 0 bridgehead atoms. The Bertz CT molecular complexity index is 1280. The van der Waals surface area contributed by atoms with Gasteiger partial charge in [-0.2, -0.15) is 0 Å². The number of hydrogen-bond donors (Lipinski definition) is 3. The quantitative estimate of drug-likeness (QED) is 0.372. The first-order valence-corrected chi connectivity index (χ1v) is 9.73. The molecule has 0 amide bonds. The zero-order valence-electron chi connectivity index (χ0n) is 15.4. The number of anilines is 1. The topological polar surface area (TPSA) is 95.2 Å². The SMILES string of the molecule is Clc1ncnc2[nH]ccc12.c1ccc2c(c1)CC[C@@H]2Nc1ncnc2[nH]ccc12. The summed E-state index contributed by atoms with van der Waals surface area (Å²) in [5.41, 5.74) is 4.49. The lowest BCUT2D eigenvalue weighted by Crippen LogP contribution is -2.08. The van der Waals surface area contributed by atoms with Crippen LogP contribution in [0.5, 0.6) is 0 Å². The molecule has 5 aromatic rings. The lowest BCUT2D eigenvalue weighted by molar-refractivity contribution is 0.758. The summed E-state index contributed by atoms with van der Waals surface area (Å²) in [6.07, 6.45) is 8.96. The van der Waals surface area contributed by atoms with E-state index in [1.807, 2.05) is 18.3 Å². The normalized spacial score (nSPS) is 15.1. The maximum atomic E-state index is 5.73. The van der Waals surface area contributed by atoms with Crippen molar-refractivity contribution in [3.63, 3.8) is 0 Å². The van der Waals surface area contributed by atoms with Crippen molar-refractivity contribution in [1.29, 1.82) is 0 Å². The van der Waals surface area contributed by atoms with Gasteiger partial charge in [-0.1, -0.05) is 35.9 Å². The van der Waals surface area contributed by atoms with E-state index in [0.717, 1.165) is 40.7 Å². The monoisotopic (exact) mass is 403 g/mol. The highest BCUT2D eigenvalue weighted by Crippen LogP contribution is 2.34. The van der Waals surface area contributed by atoms with Crippen LogP contribution < -0.4 is 5.32 Å². The molecule has 1 aliphatic rings. The van der Waals surface area contributed by atoms with Crippen LogP contribution in [-0.2, 0) is 6.42 Å². The number of rotatable bonds is 2. The second kappa shape index (κ2) is 7.52. The smallest absolute Gasteiger partial charge is 0.142 e. The van der Waals surface area contributed by atoms with E-state index in [1.165, 1.54) is 17.5 Å². The van der Waals surface area contributed by atoms with Crippen molar-refractivity contribution in [1.82, 2.24) is 29.9 Å². The van der Waals surface area contributed by atoms with Crippen LogP contribution >= 0.6 is 11.6 Å². The van der Waals surface area contributed by atoms with E-state index in [0.29, 0.717) is 11.2 Å². The van der Waals surface area contributed by atoms with E-state index in [1.54, 1.807) is 12.5 Å². The van der Waals surface area contributed by atoms with E-state index < -0.39 is 0 Å². The molecule has 6 rings (SSSR count). The molecule has 1 aromatic carbocycles. The zero-order valence-corrected chi connectivity index (χ0v) is 16.2. The first-order chi connectivity index (χ1) is 14.3. The largest absolute Gasteiger partial charge is 0.363 e. The summed E-state index contributed by atoms with van der Waals surface area (Å²) in [4.78, 5) is 22.4. The molecule has 0 aliphatic heterocycles. The summed E-state index contributed by atoms with van der Waals surface area (Å²) in [6, 6.07) is 12.8. The predicted molar refractivity (Wildman–Crippen MR) is 114 cm³/mol. The van der Waals surface area contributed by atoms with E-state index >= 15 is 0 Å². The number of nitrogens with one attached hydrogen (secondary N) is 3. The molecule has 0 fully saturated rings. The third kappa shape index (κ3) is 3.40. The number of aryl methyl sites for hydroxylation is 1.